The molecule has 0 unspecified atom stereocenters. The average molecular weight is 654 g/mol. The molecule has 186 valence electrons. The van der Waals surface area contributed by atoms with Gasteiger partial charge in [0.2, 0.25) is 0 Å². The van der Waals surface area contributed by atoms with Gasteiger partial charge in [-0.25, -0.2) is 4.98 Å². The number of hydrogen-bond donors (Lipinski definition) is 0. The van der Waals surface area contributed by atoms with Gasteiger partial charge in [-0.15, -0.1) is 0 Å². The van der Waals surface area contributed by atoms with E-state index in [1.165, 1.54) is 4.68 Å². The molecule has 1 heterocycles. The fourth-order valence-electron chi connectivity index (χ4n) is 3.48. The minimum Gasteiger partial charge on any atom is -0.493 e. The Hall–Kier alpha value is -2.39. The highest BCUT2D eigenvalue weighted by molar-refractivity contribution is 9.10. The third kappa shape index (κ3) is 5.78. The molecular formula is C26H21Br2Cl2N3O3. The van der Waals surface area contributed by atoms with Crippen molar-refractivity contribution < 1.29 is 9.47 Å². The maximum atomic E-state index is 13.3. The van der Waals surface area contributed by atoms with Crippen LogP contribution >= 0.6 is 55.1 Å². The lowest BCUT2D eigenvalue weighted by molar-refractivity contribution is 0.284. The quantitative estimate of drug-likeness (QED) is 0.191. The highest BCUT2D eigenvalue weighted by atomic mass is 79.9. The zero-order chi connectivity index (χ0) is 26.0. The zero-order valence-electron chi connectivity index (χ0n) is 19.6. The molecule has 0 aliphatic carbocycles. The molecule has 0 bridgehead atoms. The van der Waals surface area contributed by atoms with Crippen molar-refractivity contribution in [3.8, 4) is 11.5 Å². The number of methoxy groups -OCH3 is 1. The summed E-state index contributed by atoms with van der Waals surface area (Å²) in [5.41, 5.74) is 1.95. The van der Waals surface area contributed by atoms with E-state index >= 15 is 0 Å². The molecule has 0 saturated carbocycles. The average Bonchev–Trinajstić information content (AvgIpc) is 2.85. The van der Waals surface area contributed by atoms with Gasteiger partial charge in [0, 0.05) is 20.4 Å². The van der Waals surface area contributed by atoms with Crippen LogP contribution in [0.2, 0.25) is 10.0 Å². The van der Waals surface area contributed by atoms with E-state index in [4.69, 9.17) is 32.7 Å². The molecular weight excluding hydrogens is 633 g/mol. The van der Waals surface area contributed by atoms with E-state index in [0.717, 1.165) is 10.0 Å². The highest BCUT2D eigenvalue weighted by Crippen LogP contribution is 2.34. The molecule has 0 atom stereocenters. The Bertz CT molecular complexity index is 1540. The first-order valence-electron chi connectivity index (χ1n) is 10.9. The largest absolute Gasteiger partial charge is 0.493 e. The van der Waals surface area contributed by atoms with E-state index in [1.54, 1.807) is 43.7 Å². The van der Waals surface area contributed by atoms with Gasteiger partial charge >= 0.3 is 0 Å². The number of rotatable bonds is 7. The first kappa shape index (κ1) is 26.7. The lowest BCUT2D eigenvalue weighted by Crippen LogP contribution is -2.23. The molecule has 10 heteroatoms. The molecule has 1 aromatic heterocycles. The molecule has 0 N–H and O–H groups in total. The van der Waals surface area contributed by atoms with Crippen molar-refractivity contribution in [2.24, 2.45) is 5.10 Å². The van der Waals surface area contributed by atoms with Gasteiger partial charge in [-0.3, -0.25) is 4.79 Å². The van der Waals surface area contributed by atoms with Crippen molar-refractivity contribution >= 4 is 72.2 Å². The number of aromatic nitrogens is 2. The van der Waals surface area contributed by atoms with Crippen LogP contribution in [0, 0.1) is 0 Å². The fraction of sp³-hybridized carbons (Fsp3) is 0.192. The number of halogens is 4. The summed E-state index contributed by atoms with van der Waals surface area (Å²) in [7, 11) is 1.56. The molecule has 36 heavy (non-hydrogen) atoms. The summed E-state index contributed by atoms with van der Waals surface area (Å²) in [6, 6.07) is 14.3. The van der Waals surface area contributed by atoms with Crippen LogP contribution in [0.5, 0.6) is 11.5 Å². The maximum absolute atomic E-state index is 13.3. The van der Waals surface area contributed by atoms with Crippen molar-refractivity contribution in [2.45, 2.75) is 26.4 Å². The smallest absolute Gasteiger partial charge is 0.282 e. The monoisotopic (exact) mass is 651 g/mol. The Morgan fingerprint density at radius 2 is 1.83 bits per heavy atom. The van der Waals surface area contributed by atoms with Crippen LogP contribution in [0.1, 0.15) is 36.7 Å². The first-order chi connectivity index (χ1) is 17.2. The molecule has 4 rings (SSSR count). The Morgan fingerprint density at radius 1 is 1.06 bits per heavy atom. The zero-order valence-corrected chi connectivity index (χ0v) is 24.2. The van der Waals surface area contributed by atoms with Gasteiger partial charge in [-0.1, -0.05) is 59.0 Å². The van der Waals surface area contributed by atoms with Gasteiger partial charge in [0.05, 0.1) is 34.3 Å². The minimum atomic E-state index is -0.245. The normalized spacial score (nSPS) is 11.6. The van der Waals surface area contributed by atoms with Crippen molar-refractivity contribution in [1.82, 2.24) is 9.66 Å². The third-order valence-electron chi connectivity index (χ3n) is 5.32. The van der Waals surface area contributed by atoms with Crippen molar-refractivity contribution in [2.75, 3.05) is 7.11 Å². The van der Waals surface area contributed by atoms with E-state index in [2.05, 4.69) is 41.9 Å². The summed E-state index contributed by atoms with van der Waals surface area (Å²) in [6.45, 7) is 4.22. The van der Waals surface area contributed by atoms with Crippen LogP contribution in [-0.4, -0.2) is 23.0 Å². The summed E-state index contributed by atoms with van der Waals surface area (Å²) in [6.07, 6.45) is 1.59. The number of benzene rings is 3. The molecule has 6 nitrogen and oxygen atoms in total. The van der Waals surface area contributed by atoms with Gasteiger partial charge in [0.15, 0.2) is 11.5 Å². The maximum Gasteiger partial charge on any atom is 0.282 e. The predicted octanol–water partition coefficient (Wildman–Crippen LogP) is 7.82. The van der Waals surface area contributed by atoms with Crippen LogP contribution in [-0.2, 0) is 6.61 Å². The molecule has 0 amide bonds. The van der Waals surface area contributed by atoms with Crippen LogP contribution in [0.4, 0.5) is 0 Å². The molecule has 0 aliphatic heterocycles. The molecule has 0 spiro atoms. The summed E-state index contributed by atoms with van der Waals surface area (Å²) < 4.78 is 14.4. The summed E-state index contributed by atoms with van der Waals surface area (Å²) in [5, 5.41) is 5.93. The Morgan fingerprint density at radius 3 is 2.53 bits per heavy atom. The van der Waals surface area contributed by atoms with Crippen LogP contribution < -0.4 is 15.0 Å². The highest BCUT2D eigenvalue weighted by Gasteiger charge is 2.15. The fourth-order valence-corrected chi connectivity index (χ4v) is 4.59. The number of ether oxygens (including phenoxy) is 2. The van der Waals surface area contributed by atoms with Gasteiger partial charge in [-0.2, -0.15) is 9.78 Å². The van der Waals surface area contributed by atoms with Crippen molar-refractivity contribution in [3.05, 3.63) is 94.8 Å². The number of hydrogen-bond acceptors (Lipinski definition) is 5. The van der Waals surface area contributed by atoms with Crippen LogP contribution in [0.25, 0.3) is 10.9 Å². The van der Waals surface area contributed by atoms with E-state index in [9.17, 15) is 4.79 Å². The second-order valence-corrected chi connectivity index (χ2v) is 10.8. The van der Waals surface area contributed by atoms with E-state index < -0.39 is 0 Å². The van der Waals surface area contributed by atoms with E-state index in [-0.39, 0.29) is 18.1 Å². The number of nitrogens with zero attached hydrogens (tertiary/aromatic N) is 3. The SMILES string of the molecule is COc1cc(C=Nn2c(C(C)C)nc3ccc(Br)cc3c2=O)c(Br)cc1OCc1ccc(Cl)c(Cl)c1. The molecule has 0 aliphatic rings. The van der Waals surface area contributed by atoms with Crippen molar-refractivity contribution in [1.29, 1.82) is 0 Å². The van der Waals surface area contributed by atoms with Crippen LogP contribution in [0.3, 0.4) is 0 Å². The lowest BCUT2D eigenvalue weighted by Gasteiger charge is -2.14. The van der Waals surface area contributed by atoms with E-state index in [1.807, 2.05) is 32.0 Å². The van der Waals surface area contributed by atoms with Gasteiger partial charge in [-0.05, 0) is 64.0 Å². The molecule has 0 fully saturated rings. The Balaban J connectivity index is 1.68. The first-order valence-corrected chi connectivity index (χ1v) is 13.2. The van der Waals surface area contributed by atoms with Gasteiger partial charge in [0.25, 0.3) is 5.56 Å². The second-order valence-electron chi connectivity index (χ2n) is 8.21. The Kier molecular flexibility index (Phi) is 8.40. The van der Waals surface area contributed by atoms with Crippen molar-refractivity contribution in [3.63, 3.8) is 0 Å². The Labute approximate surface area is 235 Å². The molecule has 3 aromatic carbocycles. The predicted molar refractivity (Wildman–Crippen MR) is 152 cm³/mol. The minimum absolute atomic E-state index is 0.0157. The van der Waals surface area contributed by atoms with Gasteiger partial charge in [0.1, 0.15) is 12.4 Å². The lowest BCUT2D eigenvalue weighted by atomic mass is 10.2. The topological polar surface area (TPSA) is 65.7 Å². The van der Waals surface area contributed by atoms with Gasteiger partial charge < -0.3 is 9.47 Å². The second kappa shape index (κ2) is 11.3. The molecule has 0 radical (unpaired) electrons. The molecule has 4 aromatic rings. The summed E-state index contributed by atoms with van der Waals surface area (Å²) >= 11 is 19.1. The summed E-state index contributed by atoms with van der Waals surface area (Å²) in [4.78, 5) is 17.9. The van der Waals surface area contributed by atoms with E-state index in [0.29, 0.717) is 48.3 Å². The third-order valence-corrected chi connectivity index (χ3v) is 7.24. The summed E-state index contributed by atoms with van der Waals surface area (Å²) in [5.74, 6) is 1.59. The standard InChI is InChI=1S/C26H21Br2Cl2N3O3/c1-14(2)25-32-22-7-5-17(27)10-18(22)26(34)33(25)31-12-16-9-23(35-3)24(11-19(16)28)36-13-15-4-6-20(29)21(30)8-15/h4-12,14H,13H2,1-3H3. The van der Waals surface area contributed by atoms with Crippen LogP contribution in [0.15, 0.2) is 67.4 Å². The molecule has 0 saturated heterocycles. The number of fused-ring (bicyclic) bond motifs is 1.